The molecule has 0 atom stereocenters. The Labute approximate surface area is 141 Å². The molecule has 0 fully saturated rings. The van der Waals surface area contributed by atoms with Gasteiger partial charge in [0.2, 0.25) is 5.91 Å². The number of allylic oxidation sites excluding steroid dienone is 3. The van der Waals surface area contributed by atoms with Crippen LogP contribution in [0.15, 0.2) is 30.4 Å². The van der Waals surface area contributed by atoms with Crippen LogP contribution in [0.25, 0.3) is 0 Å². The standard InChI is InChI=1S/C17H24N2O3S/c1-3-5-6-7-8-9-10-15(20)19-16-14(17(21)22-4-2)11-13(12-18)23-16/h5-6,8-9,11H,3-4,7,10,12,18H2,1-2H3,(H,19,20)/b6-5-,9-8-. The molecule has 23 heavy (non-hydrogen) atoms. The van der Waals surface area contributed by atoms with E-state index in [2.05, 4.69) is 24.4 Å². The molecule has 126 valence electrons. The number of carbonyl (C=O) groups is 2. The summed E-state index contributed by atoms with van der Waals surface area (Å²) >= 11 is 1.30. The zero-order valence-electron chi connectivity index (χ0n) is 13.6. The first-order valence-corrected chi connectivity index (χ1v) is 8.53. The van der Waals surface area contributed by atoms with Crippen LogP contribution in [0.4, 0.5) is 5.00 Å². The van der Waals surface area contributed by atoms with Gasteiger partial charge in [-0.15, -0.1) is 11.3 Å². The van der Waals surface area contributed by atoms with E-state index in [9.17, 15) is 9.59 Å². The highest BCUT2D eigenvalue weighted by Crippen LogP contribution is 2.28. The van der Waals surface area contributed by atoms with Gasteiger partial charge in [-0.3, -0.25) is 4.79 Å². The summed E-state index contributed by atoms with van der Waals surface area (Å²) in [6, 6.07) is 1.67. The van der Waals surface area contributed by atoms with Crippen molar-refractivity contribution in [1.29, 1.82) is 0 Å². The quantitative estimate of drug-likeness (QED) is 0.533. The summed E-state index contributed by atoms with van der Waals surface area (Å²) in [6.45, 7) is 4.42. The van der Waals surface area contributed by atoms with Gasteiger partial charge in [0.15, 0.2) is 0 Å². The van der Waals surface area contributed by atoms with Crippen LogP contribution in [0.1, 0.15) is 48.3 Å². The van der Waals surface area contributed by atoms with Crippen LogP contribution >= 0.6 is 11.3 Å². The molecule has 6 heteroatoms. The van der Waals surface area contributed by atoms with Crippen LogP contribution in [0.2, 0.25) is 0 Å². The van der Waals surface area contributed by atoms with E-state index in [1.807, 2.05) is 12.2 Å². The number of ether oxygens (including phenoxy) is 1. The number of nitrogens with two attached hydrogens (primary N) is 1. The minimum absolute atomic E-state index is 0.170. The number of nitrogens with one attached hydrogen (secondary N) is 1. The molecule has 0 radical (unpaired) electrons. The van der Waals surface area contributed by atoms with Crippen LogP contribution in [0.5, 0.6) is 0 Å². The van der Waals surface area contributed by atoms with Crippen molar-refractivity contribution in [2.24, 2.45) is 5.73 Å². The summed E-state index contributed by atoms with van der Waals surface area (Å²) in [5.74, 6) is -0.615. The van der Waals surface area contributed by atoms with Crippen molar-refractivity contribution in [2.75, 3.05) is 11.9 Å². The molecule has 0 saturated heterocycles. The minimum Gasteiger partial charge on any atom is -0.462 e. The van der Waals surface area contributed by atoms with Crippen LogP contribution in [-0.4, -0.2) is 18.5 Å². The number of esters is 1. The Hall–Kier alpha value is -1.92. The fourth-order valence-electron chi connectivity index (χ4n) is 1.80. The predicted octanol–water partition coefficient (Wildman–Crippen LogP) is 3.62. The van der Waals surface area contributed by atoms with Gasteiger partial charge in [-0.05, 0) is 25.8 Å². The molecule has 0 aliphatic carbocycles. The first-order valence-electron chi connectivity index (χ1n) is 7.72. The zero-order chi connectivity index (χ0) is 17.1. The Morgan fingerprint density at radius 1 is 1.26 bits per heavy atom. The van der Waals surface area contributed by atoms with Crippen molar-refractivity contribution < 1.29 is 14.3 Å². The maximum absolute atomic E-state index is 12.0. The molecular weight excluding hydrogens is 312 g/mol. The van der Waals surface area contributed by atoms with E-state index < -0.39 is 5.97 Å². The average Bonchev–Trinajstić information content (AvgIpc) is 2.94. The lowest BCUT2D eigenvalue weighted by molar-refractivity contribution is -0.115. The smallest absolute Gasteiger partial charge is 0.341 e. The summed E-state index contributed by atoms with van der Waals surface area (Å²) in [6.07, 6.45) is 9.97. The first-order chi connectivity index (χ1) is 11.1. The topological polar surface area (TPSA) is 81.4 Å². The predicted molar refractivity (Wildman–Crippen MR) is 94.6 cm³/mol. The number of anilines is 1. The summed E-state index contributed by atoms with van der Waals surface area (Å²) in [5, 5.41) is 3.25. The molecule has 3 N–H and O–H groups in total. The molecule has 5 nitrogen and oxygen atoms in total. The van der Waals surface area contributed by atoms with Gasteiger partial charge in [-0.2, -0.15) is 0 Å². The van der Waals surface area contributed by atoms with Gasteiger partial charge in [0.25, 0.3) is 0 Å². The lowest BCUT2D eigenvalue weighted by Crippen LogP contribution is -2.13. The first kappa shape index (κ1) is 19.1. The maximum atomic E-state index is 12.0. The molecule has 1 aromatic heterocycles. The van der Waals surface area contributed by atoms with Crippen LogP contribution in [-0.2, 0) is 16.1 Å². The molecule has 1 amide bonds. The van der Waals surface area contributed by atoms with Crippen molar-refractivity contribution >= 4 is 28.2 Å². The van der Waals surface area contributed by atoms with E-state index in [1.54, 1.807) is 13.0 Å². The number of hydrogen-bond acceptors (Lipinski definition) is 5. The van der Waals surface area contributed by atoms with Crippen LogP contribution in [0, 0.1) is 0 Å². The van der Waals surface area contributed by atoms with Gasteiger partial charge in [0.1, 0.15) is 5.00 Å². The lowest BCUT2D eigenvalue weighted by atomic mass is 10.2. The van der Waals surface area contributed by atoms with E-state index in [1.165, 1.54) is 11.3 Å². The van der Waals surface area contributed by atoms with Gasteiger partial charge in [0, 0.05) is 17.8 Å². The SMILES string of the molecule is CC/C=C\C/C=C\CC(=O)Nc1sc(CN)cc1C(=O)OCC. The highest BCUT2D eigenvalue weighted by atomic mass is 32.1. The summed E-state index contributed by atoms with van der Waals surface area (Å²) in [4.78, 5) is 24.7. The van der Waals surface area contributed by atoms with Gasteiger partial charge >= 0.3 is 5.97 Å². The molecule has 0 saturated carbocycles. The second-order valence-electron chi connectivity index (χ2n) is 4.72. The maximum Gasteiger partial charge on any atom is 0.341 e. The molecular formula is C17H24N2O3S. The van der Waals surface area contributed by atoms with Crippen LogP contribution in [0.3, 0.4) is 0 Å². The number of rotatable bonds is 9. The van der Waals surface area contributed by atoms with Crippen molar-refractivity contribution in [2.45, 2.75) is 39.7 Å². The monoisotopic (exact) mass is 336 g/mol. The Balaban J connectivity index is 2.64. The number of amides is 1. The third-order valence-electron chi connectivity index (χ3n) is 2.88. The molecule has 0 bridgehead atoms. The van der Waals surface area contributed by atoms with Crippen molar-refractivity contribution in [3.63, 3.8) is 0 Å². The third-order valence-corrected chi connectivity index (χ3v) is 3.95. The molecule has 0 aliphatic heterocycles. The number of carbonyl (C=O) groups excluding carboxylic acids is 2. The summed E-state index contributed by atoms with van der Waals surface area (Å²) in [7, 11) is 0. The van der Waals surface area contributed by atoms with E-state index in [4.69, 9.17) is 10.5 Å². The van der Waals surface area contributed by atoms with Gasteiger partial charge in [0.05, 0.1) is 12.2 Å². The molecule has 0 aromatic carbocycles. The van der Waals surface area contributed by atoms with E-state index in [0.717, 1.165) is 17.7 Å². The Bertz CT molecular complexity index is 576. The average molecular weight is 336 g/mol. The second kappa shape index (κ2) is 10.7. The van der Waals surface area contributed by atoms with Gasteiger partial charge in [-0.25, -0.2) is 4.79 Å². The fraction of sp³-hybridized carbons (Fsp3) is 0.412. The fourth-order valence-corrected chi connectivity index (χ4v) is 2.74. The van der Waals surface area contributed by atoms with Gasteiger partial charge in [-0.1, -0.05) is 31.2 Å². The minimum atomic E-state index is -0.445. The van der Waals surface area contributed by atoms with E-state index >= 15 is 0 Å². The van der Waals surface area contributed by atoms with Gasteiger partial charge < -0.3 is 15.8 Å². The molecule has 0 unspecified atom stereocenters. The largest absolute Gasteiger partial charge is 0.462 e. The normalized spacial score (nSPS) is 11.3. The Kier molecular flexibility index (Phi) is 8.94. The van der Waals surface area contributed by atoms with Crippen LogP contribution < -0.4 is 11.1 Å². The number of hydrogen-bond donors (Lipinski definition) is 2. The second-order valence-corrected chi connectivity index (χ2v) is 5.86. The highest BCUT2D eigenvalue weighted by molar-refractivity contribution is 7.16. The Morgan fingerprint density at radius 3 is 2.65 bits per heavy atom. The molecule has 1 rings (SSSR count). The molecule has 1 heterocycles. The molecule has 0 spiro atoms. The van der Waals surface area contributed by atoms with E-state index in [-0.39, 0.29) is 18.9 Å². The Morgan fingerprint density at radius 2 is 2.00 bits per heavy atom. The summed E-state index contributed by atoms with van der Waals surface area (Å²) < 4.78 is 5.00. The molecule has 0 aliphatic rings. The molecule has 1 aromatic rings. The third kappa shape index (κ3) is 6.80. The van der Waals surface area contributed by atoms with Crippen molar-refractivity contribution in [3.05, 3.63) is 40.8 Å². The van der Waals surface area contributed by atoms with Crippen molar-refractivity contribution in [1.82, 2.24) is 0 Å². The lowest BCUT2D eigenvalue weighted by Gasteiger charge is -2.04. The highest BCUT2D eigenvalue weighted by Gasteiger charge is 2.18. The van der Waals surface area contributed by atoms with Crippen molar-refractivity contribution in [3.8, 4) is 0 Å². The summed E-state index contributed by atoms with van der Waals surface area (Å²) in [5.41, 5.74) is 5.96. The zero-order valence-corrected chi connectivity index (χ0v) is 14.4. The van der Waals surface area contributed by atoms with E-state index in [0.29, 0.717) is 17.1 Å². The number of thiophene rings is 1.